The van der Waals surface area contributed by atoms with Crippen LogP contribution in [-0.4, -0.2) is 22.9 Å². The molecule has 0 amide bonds. The Morgan fingerprint density at radius 3 is 2.62 bits per heavy atom. The van der Waals surface area contributed by atoms with Crippen LogP contribution in [0.2, 0.25) is 0 Å². The third-order valence-electron chi connectivity index (χ3n) is 2.52. The molecular formula is C13H25N3. The molecule has 1 N–H and O–H groups in total. The summed E-state index contributed by atoms with van der Waals surface area (Å²) in [5.41, 5.74) is 1.33. The molecule has 0 saturated heterocycles. The Labute approximate surface area is 99.2 Å². The molecule has 92 valence electrons. The highest BCUT2D eigenvalue weighted by atomic mass is 15.3. The van der Waals surface area contributed by atoms with E-state index in [1.54, 1.807) is 0 Å². The number of nitrogens with zero attached hydrogens (tertiary/aromatic N) is 2. The summed E-state index contributed by atoms with van der Waals surface area (Å²) < 4.78 is 2.03. The molecule has 1 rings (SSSR count). The summed E-state index contributed by atoms with van der Waals surface area (Å²) in [6.45, 7) is 14.1. The van der Waals surface area contributed by atoms with Crippen LogP contribution in [0.4, 0.5) is 0 Å². The van der Waals surface area contributed by atoms with Gasteiger partial charge in [0.15, 0.2) is 0 Å². The molecule has 0 atom stereocenters. The molecule has 16 heavy (non-hydrogen) atoms. The number of nitrogens with one attached hydrogen (secondary N) is 1. The van der Waals surface area contributed by atoms with Gasteiger partial charge >= 0.3 is 0 Å². The van der Waals surface area contributed by atoms with E-state index >= 15 is 0 Å². The van der Waals surface area contributed by atoms with Gasteiger partial charge in [-0.1, -0.05) is 27.7 Å². The Morgan fingerprint density at radius 1 is 1.44 bits per heavy atom. The third-order valence-corrected chi connectivity index (χ3v) is 2.52. The maximum absolute atomic E-state index is 4.43. The molecule has 1 heterocycles. The Bertz CT molecular complexity index is 313. The van der Waals surface area contributed by atoms with Crippen molar-refractivity contribution in [3.05, 3.63) is 18.0 Å². The largest absolute Gasteiger partial charge is 0.316 e. The van der Waals surface area contributed by atoms with E-state index < -0.39 is 0 Å². The summed E-state index contributed by atoms with van der Waals surface area (Å²) in [6.07, 6.45) is 2.06. The first-order valence-corrected chi connectivity index (χ1v) is 6.10. The molecule has 0 radical (unpaired) electrons. The molecule has 0 aromatic carbocycles. The second kappa shape index (κ2) is 5.48. The van der Waals surface area contributed by atoms with Crippen molar-refractivity contribution in [3.8, 4) is 0 Å². The van der Waals surface area contributed by atoms with E-state index in [-0.39, 0.29) is 5.41 Å². The van der Waals surface area contributed by atoms with Crippen molar-refractivity contribution in [1.29, 1.82) is 0 Å². The average Bonchev–Trinajstić information content (AvgIpc) is 2.48. The quantitative estimate of drug-likeness (QED) is 0.803. The molecule has 0 aliphatic carbocycles. The minimum absolute atomic E-state index is 0.243. The van der Waals surface area contributed by atoms with Crippen molar-refractivity contribution in [1.82, 2.24) is 15.1 Å². The van der Waals surface area contributed by atoms with Crippen LogP contribution < -0.4 is 5.32 Å². The molecule has 3 heteroatoms. The predicted molar refractivity (Wildman–Crippen MR) is 68.5 cm³/mol. The van der Waals surface area contributed by atoms with Crippen molar-refractivity contribution >= 4 is 0 Å². The van der Waals surface area contributed by atoms with Gasteiger partial charge in [-0.2, -0.15) is 5.10 Å². The molecule has 0 aliphatic rings. The van der Waals surface area contributed by atoms with Crippen LogP contribution in [-0.2, 0) is 6.54 Å². The molecule has 0 aliphatic heterocycles. The summed E-state index contributed by atoms with van der Waals surface area (Å²) in [7, 11) is 0. The SMILES string of the molecule is Cc1ccn(CC(C)(C)CNCC(C)C)n1. The smallest absolute Gasteiger partial charge is 0.0593 e. The lowest BCUT2D eigenvalue weighted by Gasteiger charge is -2.25. The number of aryl methyl sites for hydroxylation is 1. The lowest BCUT2D eigenvalue weighted by atomic mass is 9.93. The fraction of sp³-hybridized carbons (Fsp3) is 0.769. The highest BCUT2D eigenvalue weighted by molar-refractivity contribution is 4.95. The van der Waals surface area contributed by atoms with E-state index in [2.05, 4.69) is 50.4 Å². The van der Waals surface area contributed by atoms with Crippen LogP contribution in [0.15, 0.2) is 12.3 Å². The minimum atomic E-state index is 0.243. The van der Waals surface area contributed by atoms with E-state index in [1.807, 2.05) is 11.6 Å². The molecule has 3 nitrogen and oxygen atoms in total. The van der Waals surface area contributed by atoms with Gasteiger partial charge in [-0.25, -0.2) is 0 Å². The zero-order valence-corrected chi connectivity index (χ0v) is 11.2. The monoisotopic (exact) mass is 223 g/mol. The van der Waals surface area contributed by atoms with Gasteiger partial charge in [-0.15, -0.1) is 0 Å². The second-order valence-corrected chi connectivity index (χ2v) is 5.84. The van der Waals surface area contributed by atoms with Crippen molar-refractivity contribution in [2.75, 3.05) is 13.1 Å². The number of hydrogen-bond donors (Lipinski definition) is 1. The zero-order chi connectivity index (χ0) is 12.2. The molecule has 0 unspecified atom stereocenters. The Kier molecular flexibility index (Phi) is 4.54. The summed E-state index contributed by atoms with van der Waals surface area (Å²) in [5.74, 6) is 0.711. The van der Waals surface area contributed by atoms with Gasteiger partial charge in [0.1, 0.15) is 0 Å². The Hall–Kier alpha value is -0.830. The summed E-state index contributed by atoms with van der Waals surface area (Å²) in [6, 6.07) is 2.05. The summed E-state index contributed by atoms with van der Waals surface area (Å²) >= 11 is 0. The van der Waals surface area contributed by atoms with Gasteiger partial charge in [-0.3, -0.25) is 4.68 Å². The highest BCUT2D eigenvalue weighted by Crippen LogP contribution is 2.16. The van der Waals surface area contributed by atoms with E-state index in [1.165, 1.54) is 0 Å². The van der Waals surface area contributed by atoms with Gasteiger partial charge in [-0.05, 0) is 30.9 Å². The maximum Gasteiger partial charge on any atom is 0.0593 e. The highest BCUT2D eigenvalue weighted by Gasteiger charge is 2.18. The molecule has 1 aromatic heterocycles. The van der Waals surface area contributed by atoms with Crippen LogP contribution in [0, 0.1) is 18.3 Å². The molecule has 0 saturated carbocycles. The fourth-order valence-electron chi connectivity index (χ4n) is 1.74. The minimum Gasteiger partial charge on any atom is -0.316 e. The van der Waals surface area contributed by atoms with E-state index in [4.69, 9.17) is 0 Å². The van der Waals surface area contributed by atoms with Gasteiger partial charge in [0, 0.05) is 19.3 Å². The Balaban J connectivity index is 2.39. The van der Waals surface area contributed by atoms with Gasteiger partial charge < -0.3 is 5.32 Å². The summed E-state index contributed by atoms with van der Waals surface area (Å²) in [4.78, 5) is 0. The van der Waals surface area contributed by atoms with Crippen LogP contribution in [0.3, 0.4) is 0 Å². The van der Waals surface area contributed by atoms with E-state index in [0.29, 0.717) is 5.92 Å². The topological polar surface area (TPSA) is 29.9 Å². The van der Waals surface area contributed by atoms with Crippen molar-refractivity contribution in [2.24, 2.45) is 11.3 Å². The number of hydrogen-bond acceptors (Lipinski definition) is 2. The van der Waals surface area contributed by atoms with Crippen LogP contribution in [0.5, 0.6) is 0 Å². The van der Waals surface area contributed by atoms with Crippen LogP contribution >= 0.6 is 0 Å². The third kappa shape index (κ3) is 4.79. The number of aromatic nitrogens is 2. The first-order valence-electron chi connectivity index (χ1n) is 6.10. The molecule has 1 aromatic rings. The second-order valence-electron chi connectivity index (χ2n) is 5.84. The average molecular weight is 223 g/mol. The predicted octanol–water partition coefficient (Wildman–Crippen LogP) is 2.46. The molecule has 0 spiro atoms. The first kappa shape index (κ1) is 13.2. The lowest BCUT2D eigenvalue weighted by molar-refractivity contribution is 0.272. The van der Waals surface area contributed by atoms with Crippen LogP contribution in [0.1, 0.15) is 33.4 Å². The van der Waals surface area contributed by atoms with Crippen molar-refractivity contribution < 1.29 is 0 Å². The first-order chi connectivity index (χ1) is 7.39. The molecule has 0 bridgehead atoms. The van der Waals surface area contributed by atoms with Crippen molar-refractivity contribution in [2.45, 2.75) is 41.2 Å². The van der Waals surface area contributed by atoms with Gasteiger partial charge in [0.2, 0.25) is 0 Å². The Morgan fingerprint density at radius 2 is 2.12 bits per heavy atom. The lowest BCUT2D eigenvalue weighted by Crippen LogP contribution is -2.34. The summed E-state index contributed by atoms with van der Waals surface area (Å²) in [5, 5.41) is 7.94. The van der Waals surface area contributed by atoms with Gasteiger partial charge in [0.05, 0.1) is 5.69 Å². The zero-order valence-electron chi connectivity index (χ0n) is 11.2. The van der Waals surface area contributed by atoms with E-state index in [0.717, 1.165) is 25.3 Å². The van der Waals surface area contributed by atoms with Crippen molar-refractivity contribution in [3.63, 3.8) is 0 Å². The van der Waals surface area contributed by atoms with Crippen LogP contribution in [0.25, 0.3) is 0 Å². The normalized spacial score (nSPS) is 12.4. The van der Waals surface area contributed by atoms with Gasteiger partial charge in [0.25, 0.3) is 0 Å². The fourth-order valence-corrected chi connectivity index (χ4v) is 1.74. The number of rotatable bonds is 6. The maximum atomic E-state index is 4.43. The van der Waals surface area contributed by atoms with E-state index in [9.17, 15) is 0 Å². The molecule has 0 fully saturated rings. The standard InChI is InChI=1S/C13H25N3/c1-11(2)8-14-9-13(4,5)10-16-7-6-12(3)15-16/h6-7,11,14H,8-10H2,1-5H3. The molecular weight excluding hydrogens is 198 g/mol.